The van der Waals surface area contributed by atoms with E-state index in [-0.39, 0.29) is 17.9 Å². The van der Waals surface area contributed by atoms with Gasteiger partial charge in [-0.1, -0.05) is 24.3 Å². The molecule has 0 saturated carbocycles. The number of carbonyl (C=O) groups excluding carboxylic acids is 2. The zero-order valence-corrected chi connectivity index (χ0v) is 15.0. The molecule has 2 amide bonds. The van der Waals surface area contributed by atoms with E-state index in [1.165, 1.54) is 0 Å². The van der Waals surface area contributed by atoms with Crippen molar-refractivity contribution in [2.45, 2.75) is 32.2 Å². The van der Waals surface area contributed by atoms with Crippen LogP contribution in [0.5, 0.6) is 0 Å². The lowest BCUT2D eigenvalue weighted by atomic mass is 10.1. The molecule has 24 heavy (non-hydrogen) atoms. The van der Waals surface area contributed by atoms with Gasteiger partial charge in [0.25, 0.3) is 5.91 Å². The highest BCUT2D eigenvalue weighted by Crippen LogP contribution is 2.09. The Morgan fingerprint density at radius 2 is 2.08 bits per heavy atom. The van der Waals surface area contributed by atoms with Crippen LogP contribution in [0.4, 0.5) is 0 Å². The fourth-order valence-corrected chi connectivity index (χ4v) is 2.20. The van der Waals surface area contributed by atoms with Gasteiger partial charge >= 0.3 is 0 Å². The second-order valence-corrected chi connectivity index (χ2v) is 6.04. The van der Waals surface area contributed by atoms with E-state index in [1.807, 2.05) is 37.3 Å². The van der Waals surface area contributed by atoms with Gasteiger partial charge in [-0.3, -0.25) is 9.59 Å². The zero-order valence-electron chi connectivity index (χ0n) is 15.0. The summed E-state index contributed by atoms with van der Waals surface area (Å²) in [7, 11) is 5.14. The van der Waals surface area contributed by atoms with Gasteiger partial charge in [-0.25, -0.2) is 0 Å². The molecule has 0 bridgehead atoms. The monoisotopic (exact) mass is 332 g/mol. The number of amides is 2. The van der Waals surface area contributed by atoms with Gasteiger partial charge in [-0.05, 0) is 37.5 Å². The third kappa shape index (κ3) is 7.42. The van der Waals surface area contributed by atoms with E-state index in [2.05, 4.69) is 5.32 Å². The molecular formula is C19H28N2O3. The van der Waals surface area contributed by atoms with Gasteiger partial charge in [-0.2, -0.15) is 0 Å². The van der Waals surface area contributed by atoms with Crippen molar-refractivity contribution in [1.82, 2.24) is 10.2 Å². The normalized spacial score (nSPS) is 12.2. The van der Waals surface area contributed by atoms with Gasteiger partial charge in [0.1, 0.15) is 0 Å². The van der Waals surface area contributed by atoms with E-state index < -0.39 is 0 Å². The van der Waals surface area contributed by atoms with Gasteiger partial charge in [0.2, 0.25) is 5.91 Å². The highest BCUT2D eigenvalue weighted by Gasteiger charge is 2.09. The number of ether oxygens (including phenoxy) is 1. The van der Waals surface area contributed by atoms with Crippen LogP contribution in [0.25, 0.3) is 6.08 Å². The first kappa shape index (κ1) is 19.9. The molecule has 1 unspecified atom stereocenters. The average molecular weight is 332 g/mol. The van der Waals surface area contributed by atoms with Gasteiger partial charge in [0.15, 0.2) is 0 Å². The molecule has 0 spiro atoms. The van der Waals surface area contributed by atoms with Crippen LogP contribution in [0.2, 0.25) is 0 Å². The summed E-state index contributed by atoms with van der Waals surface area (Å²) >= 11 is 0. The first-order valence-electron chi connectivity index (χ1n) is 8.20. The van der Waals surface area contributed by atoms with Crippen LogP contribution in [0.15, 0.2) is 30.3 Å². The number of hydrogen-bond donors (Lipinski definition) is 1. The van der Waals surface area contributed by atoms with Crippen LogP contribution in [0.3, 0.4) is 0 Å². The lowest BCUT2D eigenvalue weighted by Gasteiger charge is -2.12. The van der Waals surface area contributed by atoms with E-state index in [9.17, 15) is 9.59 Å². The molecule has 0 saturated heterocycles. The smallest absolute Gasteiger partial charge is 0.251 e. The Bertz CT molecular complexity index is 567. The Morgan fingerprint density at radius 1 is 1.33 bits per heavy atom. The summed E-state index contributed by atoms with van der Waals surface area (Å²) in [5.74, 6) is 0.0404. The van der Waals surface area contributed by atoms with Crippen molar-refractivity contribution < 1.29 is 14.3 Å². The fourth-order valence-electron chi connectivity index (χ4n) is 2.20. The molecule has 0 aromatic heterocycles. The topological polar surface area (TPSA) is 58.6 Å². The summed E-state index contributed by atoms with van der Waals surface area (Å²) in [6, 6.07) is 7.44. The van der Waals surface area contributed by atoms with Crippen molar-refractivity contribution in [1.29, 1.82) is 0 Å². The van der Waals surface area contributed by atoms with Crippen molar-refractivity contribution in [2.75, 3.05) is 27.8 Å². The molecule has 5 nitrogen and oxygen atoms in total. The Kier molecular flexibility index (Phi) is 8.79. The standard InChI is InChI=1S/C19H28N2O3/c1-15(14-24-4)20-19(23)17-11-8-10-16(13-17)9-6-5-7-12-18(22)21(2)3/h6,8-11,13,15H,5,7,12,14H2,1-4H3,(H,20,23)/b9-6-. The number of nitrogens with one attached hydrogen (secondary N) is 1. The van der Waals surface area contributed by atoms with Crippen molar-refractivity contribution in [3.8, 4) is 0 Å². The van der Waals surface area contributed by atoms with Crippen molar-refractivity contribution in [3.63, 3.8) is 0 Å². The maximum Gasteiger partial charge on any atom is 0.251 e. The Hall–Kier alpha value is -2.14. The lowest BCUT2D eigenvalue weighted by molar-refractivity contribution is -0.128. The van der Waals surface area contributed by atoms with E-state index in [4.69, 9.17) is 4.74 Å². The summed E-state index contributed by atoms with van der Waals surface area (Å²) in [5.41, 5.74) is 1.60. The predicted molar refractivity (Wildman–Crippen MR) is 96.8 cm³/mol. The Morgan fingerprint density at radius 3 is 2.75 bits per heavy atom. The highest BCUT2D eigenvalue weighted by atomic mass is 16.5. The Labute approximate surface area is 144 Å². The van der Waals surface area contributed by atoms with Gasteiger partial charge in [0.05, 0.1) is 6.61 Å². The first-order valence-corrected chi connectivity index (χ1v) is 8.20. The molecule has 0 radical (unpaired) electrons. The van der Waals surface area contributed by atoms with E-state index in [0.29, 0.717) is 18.6 Å². The quantitative estimate of drug-likeness (QED) is 0.707. The number of nitrogens with zero attached hydrogens (tertiary/aromatic N) is 1. The van der Waals surface area contributed by atoms with Crippen LogP contribution in [0, 0.1) is 0 Å². The fraction of sp³-hybridized carbons (Fsp3) is 0.474. The molecule has 1 aromatic carbocycles. The maximum atomic E-state index is 12.2. The van der Waals surface area contributed by atoms with Gasteiger partial charge < -0.3 is 15.0 Å². The van der Waals surface area contributed by atoms with Crippen LogP contribution in [-0.4, -0.2) is 50.6 Å². The van der Waals surface area contributed by atoms with Crippen LogP contribution in [0.1, 0.15) is 42.1 Å². The number of benzene rings is 1. The molecule has 0 aliphatic heterocycles. The van der Waals surface area contributed by atoms with Gasteiger partial charge in [0, 0.05) is 39.2 Å². The van der Waals surface area contributed by atoms with E-state index in [1.54, 1.807) is 32.2 Å². The summed E-state index contributed by atoms with van der Waals surface area (Å²) < 4.78 is 5.02. The molecule has 0 aliphatic carbocycles. The van der Waals surface area contributed by atoms with Crippen LogP contribution < -0.4 is 5.32 Å². The highest BCUT2D eigenvalue weighted by molar-refractivity contribution is 5.94. The minimum Gasteiger partial charge on any atom is -0.383 e. The number of rotatable bonds is 9. The molecular weight excluding hydrogens is 304 g/mol. The summed E-state index contributed by atoms with van der Waals surface area (Å²) in [4.78, 5) is 25.3. The molecule has 1 N–H and O–H groups in total. The molecule has 5 heteroatoms. The molecule has 1 atom stereocenters. The third-order valence-corrected chi connectivity index (χ3v) is 3.51. The second-order valence-electron chi connectivity index (χ2n) is 6.04. The average Bonchev–Trinajstić information content (AvgIpc) is 2.54. The zero-order chi connectivity index (χ0) is 17.9. The van der Waals surface area contributed by atoms with Crippen molar-refractivity contribution in [2.24, 2.45) is 0 Å². The number of allylic oxidation sites excluding steroid dienone is 1. The number of carbonyl (C=O) groups is 2. The van der Waals surface area contributed by atoms with Crippen LogP contribution in [-0.2, 0) is 9.53 Å². The van der Waals surface area contributed by atoms with E-state index >= 15 is 0 Å². The molecule has 1 rings (SSSR count). The van der Waals surface area contributed by atoms with Crippen molar-refractivity contribution in [3.05, 3.63) is 41.5 Å². The minimum atomic E-state index is -0.105. The summed E-state index contributed by atoms with van der Waals surface area (Å²) in [6.07, 6.45) is 6.23. The number of methoxy groups -OCH3 is 1. The SMILES string of the molecule is COCC(C)NC(=O)c1cccc(/C=C\CCCC(=O)N(C)C)c1. The van der Waals surface area contributed by atoms with Gasteiger partial charge in [-0.15, -0.1) is 0 Å². The predicted octanol–water partition coefficient (Wildman–Crippen LogP) is 2.72. The third-order valence-electron chi connectivity index (χ3n) is 3.51. The van der Waals surface area contributed by atoms with Crippen molar-refractivity contribution >= 4 is 17.9 Å². The molecule has 0 heterocycles. The summed E-state index contributed by atoms with van der Waals surface area (Å²) in [6.45, 7) is 2.39. The molecule has 1 aromatic rings. The van der Waals surface area contributed by atoms with E-state index in [0.717, 1.165) is 18.4 Å². The number of unbranched alkanes of at least 4 members (excludes halogenated alkanes) is 1. The minimum absolute atomic E-state index is 0.0315. The lowest BCUT2D eigenvalue weighted by Crippen LogP contribution is -2.35. The number of hydrogen-bond acceptors (Lipinski definition) is 3. The molecule has 0 aliphatic rings. The largest absolute Gasteiger partial charge is 0.383 e. The Balaban J connectivity index is 2.51. The first-order chi connectivity index (χ1) is 11.4. The molecule has 132 valence electrons. The second kappa shape index (κ2) is 10.6. The maximum absolute atomic E-state index is 12.2. The van der Waals surface area contributed by atoms with Crippen LogP contribution >= 0.6 is 0 Å². The summed E-state index contributed by atoms with van der Waals surface area (Å²) in [5, 5.41) is 2.89. The molecule has 0 fully saturated rings.